The Hall–Kier alpha value is -1.08. The minimum Gasteiger partial charge on any atom is -0.383 e. The molecule has 0 saturated heterocycles. The number of anilines is 1. The molecule has 1 amide bonds. The summed E-state index contributed by atoms with van der Waals surface area (Å²) in [5.74, 6) is -5.26. The first-order valence-electron chi connectivity index (χ1n) is 5.75. The van der Waals surface area contributed by atoms with E-state index in [1.54, 1.807) is 0 Å². The van der Waals surface area contributed by atoms with E-state index in [9.17, 15) is 18.7 Å². The molecule has 1 heterocycles. The number of carbonyl (C=O) groups excluding carboxylic acids is 1. The molecule has 1 aromatic rings. The molecule has 0 aromatic carbocycles. The minimum absolute atomic E-state index is 0.0501. The molecule has 1 aromatic heterocycles. The number of alkyl halides is 2. The number of aliphatic hydroxyl groups is 1. The van der Waals surface area contributed by atoms with E-state index in [4.69, 9.17) is 0 Å². The fraction of sp³-hybridized carbons (Fsp3) is 0.636. The summed E-state index contributed by atoms with van der Waals surface area (Å²) in [5, 5.41) is 11.8. The van der Waals surface area contributed by atoms with Crippen LogP contribution in [0.15, 0.2) is 6.20 Å². The fourth-order valence-electron chi connectivity index (χ4n) is 1.74. The van der Waals surface area contributed by atoms with Crippen molar-refractivity contribution in [3.63, 3.8) is 0 Å². The van der Waals surface area contributed by atoms with Gasteiger partial charge in [0.25, 0.3) is 5.91 Å². The number of aryl methyl sites for hydroxylation is 1. The van der Waals surface area contributed by atoms with Crippen molar-refractivity contribution in [1.82, 2.24) is 4.98 Å². The number of amides is 1. The molecule has 7 heteroatoms. The maximum absolute atomic E-state index is 13.7. The average Bonchev–Trinajstić information content (AvgIpc) is 2.73. The molecule has 0 atom stereocenters. The lowest BCUT2D eigenvalue weighted by Crippen LogP contribution is -2.59. The van der Waals surface area contributed by atoms with Crippen LogP contribution in [0.1, 0.15) is 31.1 Å². The molecule has 0 aliphatic heterocycles. The van der Waals surface area contributed by atoms with Crippen LogP contribution < -0.4 is 5.32 Å². The molecule has 2 rings (SSSR count). The largest absolute Gasteiger partial charge is 0.383 e. The highest BCUT2D eigenvalue weighted by atomic mass is 32.1. The van der Waals surface area contributed by atoms with Gasteiger partial charge in [0, 0.05) is 11.1 Å². The molecular weight excluding hydrogens is 262 g/mol. The van der Waals surface area contributed by atoms with Gasteiger partial charge >= 0.3 is 5.92 Å². The number of aromatic nitrogens is 1. The molecule has 1 saturated carbocycles. The number of hydrogen-bond acceptors (Lipinski definition) is 4. The standard InChI is InChI=1S/C11H14F2N2O2S/c1-2-7-6-14-9(18-7)15-8(16)11(12,13)10(17)4-3-5-10/h6,17H,2-5H2,1H3,(H,14,15,16). The average molecular weight is 276 g/mol. The summed E-state index contributed by atoms with van der Waals surface area (Å²) in [7, 11) is 0. The topological polar surface area (TPSA) is 62.2 Å². The highest BCUT2D eigenvalue weighted by Crippen LogP contribution is 2.44. The Kier molecular flexibility index (Phi) is 3.37. The van der Waals surface area contributed by atoms with E-state index in [1.807, 2.05) is 6.92 Å². The molecule has 0 radical (unpaired) electrons. The van der Waals surface area contributed by atoms with E-state index >= 15 is 0 Å². The van der Waals surface area contributed by atoms with Gasteiger partial charge in [-0.3, -0.25) is 10.1 Å². The van der Waals surface area contributed by atoms with E-state index in [-0.39, 0.29) is 18.0 Å². The summed E-state index contributed by atoms with van der Waals surface area (Å²) < 4.78 is 27.5. The number of carbonyl (C=O) groups is 1. The molecule has 100 valence electrons. The zero-order valence-electron chi connectivity index (χ0n) is 9.87. The third-order valence-electron chi connectivity index (χ3n) is 3.17. The molecule has 1 aliphatic carbocycles. The van der Waals surface area contributed by atoms with E-state index in [0.717, 1.165) is 22.6 Å². The number of nitrogens with one attached hydrogen (secondary N) is 1. The van der Waals surface area contributed by atoms with Gasteiger partial charge in [-0.05, 0) is 25.7 Å². The van der Waals surface area contributed by atoms with Crippen LogP contribution in [0.4, 0.5) is 13.9 Å². The van der Waals surface area contributed by atoms with Crippen LogP contribution in [0.3, 0.4) is 0 Å². The number of hydrogen-bond donors (Lipinski definition) is 2. The number of rotatable bonds is 4. The minimum atomic E-state index is -3.77. The SMILES string of the molecule is CCc1cnc(NC(=O)C(F)(F)C2(O)CCC2)s1. The first-order chi connectivity index (χ1) is 8.39. The maximum atomic E-state index is 13.7. The Morgan fingerprint density at radius 3 is 2.78 bits per heavy atom. The van der Waals surface area contributed by atoms with Crippen molar-refractivity contribution in [1.29, 1.82) is 0 Å². The molecule has 0 bridgehead atoms. The third-order valence-corrected chi connectivity index (χ3v) is 4.23. The van der Waals surface area contributed by atoms with Crippen molar-refractivity contribution < 1.29 is 18.7 Å². The van der Waals surface area contributed by atoms with Crippen molar-refractivity contribution in [2.75, 3.05) is 5.32 Å². The monoisotopic (exact) mass is 276 g/mol. The van der Waals surface area contributed by atoms with Crippen LogP contribution in [0.25, 0.3) is 0 Å². The third kappa shape index (κ3) is 2.12. The molecule has 1 aliphatic rings. The quantitative estimate of drug-likeness (QED) is 0.886. The first-order valence-corrected chi connectivity index (χ1v) is 6.57. The van der Waals surface area contributed by atoms with Gasteiger partial charge in [-0.25, -0.2) is 4.98 Å². The summed E-state index contributed by atoms with van der Waals surface area (Å²) in [6, 6.07) is 0. The smallest absolute Gasteiger partial charge is 0.352 e. The molecule has 18 heavy (non-hydrogen) atoms. The van der Waals surface area contributed by atoms with E-state index in [0.29, 0.717) is 6.42 Å². The highest BCUT2D eigenvalue weighted by Gasteiger charge is 2.61. The highest BCUT2D eigenvalue weighted by molar-refractivity contribution is 7.15. The Morgan fingerprint density at radius 1 is 1.67 bits per heavy atom. The number of halogens is 2. The second kappa shape index (κ2) is 4.55. The molecule has 1 fully saturated rings. The Bertz CT molecular complexity index is 458. The Labute approximate surface area is 107 Å². The number of thiazole rings is 1. The van der Waals surface area contributed by atoms with Gasteiger partial charge in [0.2, 0.25) is 0 Å². The van der Waals surface area contributed by atoms with Gasteiger partial charge in [-0.1, -0.05) is 6.92 Å². The van der Waals surface area contributed by atoms with Gasteiger partial charge in [-0.2, -0.15) is 8.78 Å². The van der Waals surface area contributed by atoms with Crippen molar-refractivity contribution in [2.24, 2.45) is 0 Å². The van der Waals surface area contributed by atoms with Gasteiger partial charge in [0.05, 0.1) is 0 Å². The van der Waals surface area contributed by atoms with Crippen LogP contribution in [0, 0.1) is 0 Å². The molecule has 2 N–H and O–H groups in total. The lowest BCUT2D eigenvalue weighted by Gasteiger charge is -2.41. The van der Waals surface area contributed by atoms with Crippen LogP contribution in [-0.2, 0) is 11.2 Å². The predicted octanol–water partition coefficient (Wildman–Crippen LogP) is 2.19. The van der Waals surface area contributed by atoms with Gasteiger partial charge in [0.1, 0.15) is 5.60 Å². The van der Waals surface area contributed by atoms with Crippen LogP contribution >= 0.6 is 11.3 Å². The van der Waals surface area contributed by atoms with E-state index in [2.05, 4.69) is 10.3 Å². The van der Waals surface area contributed by atoms with Crippen molar-refractivity contribution >= 4 is 22.4 Å². The summed E-state index contributed by atoms with van der Waals surface area (Å²) in [6.07, 6.45) is 2.68. The van der Waals surface area contributed by atoms with Crippen molar-refractivity contribution in [3.05, 3.63) is 11.1 Å². The first kappa shape index (κ1) is 13.4. The summed E-state index contributed by atoms with van der Waals surface area (Å²) >= 11 is 1.16. The van der Waals surface area contributed by atoms with Crippen LogP contribution in [0.5, 0.6) is 0 Å². The van der Waals surface area contributed by atoms with Crippen molar-refractivity contribution in [3.8, 4) is 0 Å². The second-order valence-corrected chi connectivity index (χ2v) is 5.51. The summed E-state index contributed by atoms with van der Waals surface area (Å²) in [4.78, 5) is 16.3. The summed E-state index contributed by atoms with van der Waals surface area (Å²) in [5.41, 5.74) is -2.19. The Morgan fingerprint density at radius 2 is 2.33 bits per heavy atom. The lowest BCUT2D eigenvalue weighted by atomic mass is 9.75. The van der Waals surface area contributed by atoms with Crippen LogP contribution in [-0.4, -0.2) is 27.5 Å². The number of nitrogens with zero attached hydrogens (tertiary/aromatic N) is 1. The molecule has 0 unspecified atom stereocenters. The molecule has 0 spiro atoms. The molecular formula is C11H14F2N2O2S. The summed E-state index contributed by atoms with van der Waals surface area (Å²) in [6.45, 7) is 1.91. The van der Waals surface area contributed by atoms with Gasteiger partial charge in [-0.15, -0.1) is 11.3 Å². The molecule has 4 nitrogen and oxygen atoms in total. The van der Waals surface area contributed by atoms with Crippen LogP contribution in [0.2, 0.25) is 0 Å². The van der Waals surface area contributed by atoms with E-state index in [1.165, 1.54) is 6.20 Å². The normalized spacial score (nSPS) is 18.2. The Balaban J connectivity index is 2.07. The zero-order chi connectivity index (χ0) is 13.4. The zero-order valence-corrected chi connectivity index (χ0v) is 10.7. The fourth-order valence-corrected chi connectivity index (χ4v) is 2.49. The van der Waals surface area contributed by atoms with Gasteiger partial charge < -0.3 is 5.11 Å². The van der Waals surface area contributed by atoms with E-state index < -0.39 is 17.4 Å². The van der Waals surface area contributed by atoms with Gasteiger partial charge in [0.15, 0.2) is 5.13 Å². The maximum Gasteiger partial charge on any atom is 0.352 e. The second-order valence-electron chi connectivity index (χ2n) is 4.40. The van der Waals surface area contributed by atoms with Crippen molar-refractivity contribution in [2.45, 2.75) is 44.1 Å². The lowest BCUT2D eigenvalue weighted by molar-refractivity contribution is -0.212. The predicted molar refractivity (Wildman–Crippen MR) is 63.9 cm³/mol.